The summed E-state index contributed by atoms with van der Waals surface area (Å²) in [7, 11) is 2.13. The maximum Gasteiger partial charge on any atom is 0.000490 e. The number of nitrogens with one attached hydrogen (secondary N) is 1. The molecule has 0 heterocycles. The lowest BCUT2D eigenvalue weighted by Crippen LogP contribution is -2.36. The van der Waals surface area contributed by atoms with Crippen molar-refractivity contribution >= 4 is 0 Å². The minimum absolute atomic E-state index is 0.640. The molecule has 1 N–H and O–H groups in total. The Morgan fingerprint density at radius 1 is 1.12 bits per heavy atom. The van der Waals surface area contributed by atoms with Crippen LogP contribution in [0.2, 0.25) is 0 Å². The molecule has 1 heteroatoms. The number of rotatable bonds is 8. The summed E-state index contributed by atoms with van der Waals surface area (Å²) in [5, 5.41) is 3.46. The summed E-state index contributed by atoms with van der Waals surface area (Å²) >= 11 is 0. The molecule has 102 valence electrons. The third kappa shape index (κ3) is 4.99. The van der Waals surface area contributed by atoms with Crippen LogP contribution < -0.4 is 5.32 Å². The first-order valence-corrected chi connectivity index (χ1v) is 7.91. The van der Waals surface area contributed by atoms with Crippen LogP contribution >= 0.6 is 0 Å². The van der Waals surface area contributed by atoms with Gasteiger partial charge in [0.25, 0.3) is 0 Å². The second-order valence-electron chi connectivity index (χ2n) is 6.21. The highest BCUT2D eigenvalue weighted by molar-refractivity contribution is 4.86. The van der Waals surface area contributed by atoms with Crippen LogP contribution in [-0.4, -0.2) is 13.6 Å². The highest BCUT2D eigenvalue weighted by Gasteiger charge is 2.33. The van der Waals surface area contributed by atoms with Crippen LogP contribution in [0.1, 0.15) is 78.1 Å². The maximum absolute atomic E-state index is 3.46. The van der Waals surface area contributed by atoms with E-state index in [9.17, 15) is 0 Å². The molecular weight excluding hydrogens is 206 g/mol. The smallest absolute Gasteiger partial charge is 0.000490 e. The molecule has 1 saturated carbocycles. The monoisotopic (exact) mass is 239 g/mol. The second-order valence-corrected chi connectivity index (χ2v) is 6.21. The van der Waals surface area contributed by atoms with Gasteiger partial charge in [0.2, 0.25) is 0 Å². The van der Waals surface area contributed by atoms with Crippen molar-refractivity contribution in [2.45, 2.75) is 78.1 Å². The van der Waals surface area contributed by atoms with Crippen LogP contribution in [-0.2, 0) is 0 Å². The molecule has 0 aromatic carbocycles. The third-order valence-corrected chi connectivity index (χ3v) is 4.73. The highest BCUT2D eigenvalue weighted by Crippen LogP contribution is 2.42. The summed E-state index contributed by atoms with van der Waals surface area (Å²) in [5.74, 6) is 0.974. The molecule has 1 aliphatic carbocycles. The highest BCUT2D eigenvalue weighted by atomic mass is 14.8. The van der Waals surface area contributed by atoms with E-state index in [1.807, 2.05) is 0 Å². The number of unbranched alkanes of at least 4 members (excludes halogenated alkanes) is 1. The molecule has 1 unspecified atom stereocenters. The molecule has 1 nitrogen and oxygen atoms in total. The topological polar surface area (TPSA) is 12.0 Å². The molecule has 0 bridgehead atoms. The van der Waals surface area contributed by atoms with Crippen molar-refractivity contribution in [2.24, 2.45) is 11.3 Å². The number of hydrogen-bond acceptors (Lipinski definition) is 1. The van der Waals surface area contributed by atoms with E-state index >= 15 is 0 Å². The van der Waals surface area contributed by atoms with Gasteiger partial charge in [-0.05, 0) is 37.6 Å². The Balaban J connectivity index is 2.50. The minimum atomic E-state index is 0.640. The lowest BCUT2D eigenvalue weighted by Gasteiger charge is -2.40. The molecular formula is C16H33N. The molecule has 0 amide bonds. The lowest BCUT2D eigenvalue weighted by molar-refractivity contribution is 0.134. The third-order valence-electron chi connectivity index (χ3n) is 4.73. The minimum Gasteiger partial charge on any atom is -0.319 e. The lowest BCUT2D eigenvalue weighted by atomic mass is 9.68. The molecule has 0 aromatic heterocycles. The van der Waals surface area contributed by atoms with Gasteiger partial charge < -0.3 is 5.32 Å². The van der Waals surface area contributed by atoms with Gasteiger partial charge in [0.05, 0.1) is 0 Å². The van der Waals surface area contributed by atoms with Crippen molar-refractivity contribution in [3.63, 3.8) is 0 Å². The summed E-state index contributed by atoms with van der Waals surface area (Å²) in [5.41, 5.74) is 0.640. The van der Waals surface area contributed by atoms with Crippen molar-refractivity contribution in [3.05, 3.63) is 0 Å². The first-order chi connectivity index (χ1) is 8.26. The van der Waals surface area contributed by atoms with Gasteiger partial charge in [-0.2, -0.15) is 0 Å². The second kappa shape index (κ2) is 8.13. The quantitative estimate of drug-likeness (QED) is 0.644. The zero-order valence-electron chi connectivity index (χ0n) is 12.4. The van der Waals surface area contributed by atoms with E-state index in [-0.39, 0.29) is 0 Å². The molecule has 0 radical (unpaired) electrons. The van der Waals surface area contributed by atoms with Crippen LogP contribution in [0.3, 0.4) is 0 Å². The van der Waals surface area contributed by atoms with Crippen molar-refractivity contribution in [2.75, 3.05) is 13.6 Å². The van der Waals surface area contributed by atoms with Gasteiger partial charge in [-0.1, -0.05) is 58.8 Å². The predicted molar refractivity (Wildman–Crippen MR) is 77.4 cm³/mol. The Labute approximate surface area is 109 Å². The zero-order chi connectivity index (χ0) is 12.6. The number of hydrogen-bond donors (Lipinski definition) is 1. The Kier molecular flexibility index (Phi) is 7.18. The van der Waals surface area contributed by atoms with E-state index < -0.39 is 0 Å². The van der Waals surface area contributed by atoms with Gasteiger partial charge in [0.1, 0.15) is 0 Å². The average molecular weight is 239 g/mol. The van der Waals surface area contributed by atoms with Crippen molar-refractivity contribution < 1.29 is 0 Å². The summed E-state index contributed by atoms with van der Waals surface area (Å²) in [6.45, 7) is 5.95. The molecule has 1 fully saturated rings. The van der Waals surface area contributed by atoms with Gasteiger partial charge in [-0.3, -0.25) is 0 Å². The van der Waals surface area contributed by atoms with Gasteiger partial charge in [-0.25, -0.2) is 0 Å². The Morgan fingerprint density at radius 3 is 2.35 bits per heavy atom. The van der Waals surface area contributed by atoms with Crippen molar-refractivity contribution in [1.29, 1.82) is 0 Å². The SMILES string of the molecule is CCCCC(CC)CC1(CNC)CCCCC1. The van der Waals surface area contributed by atoms with Crippen LogP contribution in [0, 0.1) is 11.3 Å². The maximum atomic E-state index is 3.46. The first kappa shape index (κ1) is 15.0. The Morgan fingerprint density at radius 2 is 1.82 bits per heavy atom. The van der Waals surface area contributed by atoms with Crippen LogP contribution in [0.15, 0.2) is 0 Å². The van der Waals surface area contributed by atoms with Crippen molar-refractivity contribution in [1.82, 2.24) is 5.32 Å². The molecule has 0 aliphatic heterocycles. The van der Waals surface area contributed by atoms with Crippen LogP contribution in [0.4, 0.5) is 0 Å². The Bertz CT molecular complexity index is 176. The van der Waals surface area contributed by atoms with E-state index in [1.54, 1.807) is 0 Å². The molecule has 1 atom stereocenters. The van der Waals surface area contributed by atoms with E-state index in [0.29, 0.717) is 5.41 Å². The van der Waals surface area contributed by atoms with Gasteiger partial charge >= 0.3 is 0 Å². The summed E-state index contributed by atoms with van der Waals surface area (Å²) in [6.07, 6.45) is 14.4. The van der Waals surface area contributed by atoms with Crippen molar-refractivity contribution in [3.8, 4) is 0 Å². The summed E-state index contributed by atoms with van der Waals surface area (Å²) in [6, 6.07) is 0. The van der Waals surface area contributed by atoms with E-state index in [0.717, 1.165) is 5.92 Å². The molecule has 0 spiro atoms. The van der Waals surface area contributed by atoms with Gasteiger partial charge in [0, 0.05) is 6.54 Å². The fraction of sp³-hybridized carbons (Fsp3) is 1.00. The van der Waals surface area contributed by atoms with Gasteiger partial charge in [-0.15, -0.1) is 0 Å². The summed E-state index contributed by atoms with van der Waals surface area (Å²) < 4.78 is 0. The van der Waals surface area contributed by atoms with Gasteiger partial charge in [0.15, 0.2) is 0 Å². The molecule has 17 heavy (non-hydrogen) atoms. The normalized spacial score (nSPS) is 21.4. The van der Waals surface area contributed by atoms with E-state index in [4.69, 9.17) is 0 Å². The Hall–Kier alpha value is -0.0400. The fourth-order valence-electron chi connectivity index (χ4n) is 3.69. The van der Waals surface area contributed by atoms with Crippen LogP contribution in [0.25, 0.3) is 0 Å². The molecule has 1 rings (SSSR count). The van der Waals surface area contributed by atoms with Crippen LogP contribution in [0.5, 0.6) is 0 Å². The van der Waals surface area contributed by atoms with E-state index in [1.165, 1.54) is 70.8 Å². The van der Waals surface area contributed by atoms with E-state index in [2.05, 4.69) is 26.2 Å². The molecule has 1 aliphatic rings. The molecule has 0 aromatic rings. The standard InChI is InChI=1S/C16H33N/c1-4-6-10-15(5-2)13-16(14-17-3)11-8-7-9-12-16/h15,17H,4-14H2,1-3H3. The zero-order valence-corrected chi connectivity index (χ0v) is 12.4. The predicted octanol–water partition coefficient (Wildman–Crippen LogP) is 4.76. The molecule has 0 saturated heterocycles. The average Bonchev–Trinajstić information content (AvgIpc) is 2.36. The fourth-order valence-corrected chi connectivity index (χ4v) is 3.69. The first-order valence-electron chi connectivity index (χ1n) is 7.91. The largest absolute Gasteiger partial charge is 0.319 e. The summed E-state index contributed by atoms with van der Waals surface area (Å²) in [4.78, 5) is 0.